The molecule has 0 spiro atoms. The van der Waals surface area contributed by atoms with E-state index in [0.717, 1.165) is 12.1 Å². The fraction of sp³-hybridized carbons (Fsp3) is 0.462. The lowest BCUT2D eigenvalue weighted by molar-refractivity contribution is 0.0953. The highest BCUT2D eigenvalue weighted by Gasteiger charge is 2.41. The van der Waals surface area contributed by atoms with E-state index in [2.05, 4.69) is 11.6 Å². The minimum absolute atomic E-state index is 0.00251. The second-order valence-corrected chi connectivity index (χ2v) is 5.95. The molecule has 4 heteroatoms. The first-order valence-electron chi connectivity index (χ1n) is 5.67. The molecule has 1 aromatic rings. The second-order valence-electron chi connectivity index (χ2n) is 4.40. The van der Waals surface area contributed by atoms with E-state index in [1.54, 1.807) is 0 Å². The third-order valence-electron chi connectivity index (χ3n) is 3.16. The van der Waals surface area contributed by atoms with Crippen molar-refractivity contribution in [1.82, 2.24) is 5.32 Å². The molecule has 1 amide bonds. The molecule has 0 heterocycles. The number of amides is 1. The third-order valence-corrected chi connectivity index (χ3v) is 4.88. The largest absolute Gasteiger partial charge is 0.351 e. The summed E-state index contributed by atoms with van der Waals surface area (Å²) in [5.41, 5.74) is 1.67. The summed E-state index contributed by atoms with van der Waals surface area (Å²) in [5, 5.41) is 3.00. The summed E-state index contributed by atoms with van der Waals surface area (Å²) < 4.78 is 0.305. The van der Waals surface area contributed by atoms with Crippen LogP contribution in [-0.2, 0) is 5.88 Å². The maximum Gasteiger partial charge on any atom is 0.251 e. The van der Waals surface area contributed by atoms with E-state index < -0.39 is 0 Å². The number of carbonyl (C=O) groups excluding carboxylic acids is 1. The number of hydrogen-bond acceptors (Lipinski definition) is 2. The van der Waals surface area contributed by atoms with Crippen molar-refractivity contribution in [2.75, 3.05) is 12.8 Å². The van der Waals surface area contributed by atoms with Crippen LogP contribution in [0.25, 0.3) is 0 Å². The molecule has 17 heavy (non-hydrogen) atoms. The molecule has 0 unspecified atom stereocenters. The van der Waals surface area contributed by atoms with Crippen molar-refractivity contribution >= 4 is 29.3 Å². The molecule has 1 fully saturated rings. The predicted molar refractivity (Wildman–Crippen MR) is 73.8 cm³/mol. The highest BCUT2D eigenvalue weighted by molar-refractivity contribution is 8.00. The maximum atomic E-state index is 11.9. The van der Waals surface area contributed by atoms with Gasteiger partial charge in [-0.1, -0.05) is 12.1 Å². The Hall–Kier alpha value is -0.670. The van der Waals surface area contributed by atoms with Gasteiger partial charge < -0.3 is 5.32 Å². The van der Waals surface area contributed by atoms with Crippen molar-refractivity contribution in [3.05, 3.63) is 35.4 Å². The third kappa shape index (κ3) is 3.17. The molecule has 0 bridgehead atoms. The Bertz CT molecular complexity index is 418. The van der Waals surface area contributed by atoms with Gasteiger partial charge in [0.05, 0.1) is 0 Å². The number of hydrogen-bond donors (Lipinski definition) is 1. The number of benzene rings is 1. The lowest BCUT2D eigenvalue weighted by atomic mass is 10.1. The SMILES string of the molecule is CSC1(CNC(=O)c2cccc(CCl)c2)CC1. The van der Waals surface area contributed by atoms with Crippen LogP contribution in [0.1, 0.15) is 28.8 Å². The van der Waals surface area contributed by atoms with Gasteiger partial charge in [0.15, 0.2) is 0 Å². The molecule has 2 nitrogen and oxygen atoms in total. The average molecular weight is 270 g/mol. The first-order chi connectivity index (χ1) is 8.19. The van der Waals surface area contributed by atoms with Gasteiger partial charge in [-0.15, -0.1) is 11.6 Å². The van der Waals surface area contributed by atoms with Crippen molar-refractivity contribution < 1.29 is 4.79 Å². The zero-order chi connectivity index (χ0) is 12.3. The Morgan fingerprint density at radius 2 is 2.29 bits per heavy atom. The molecule has 0 aromatic heterocycles. The summed E-state index contributed by atoms with van der Waals surface area (Å²) in [6, 6.07) is 7.47. The number of alkyl halides is 1. The van der Waals surface area contributed by atoms with Gasteiger partial charge in [-0.2, -0.15) is 11.8 Å². The standard InChI is InChI=1S/C13H16ClNOS/c1-17-13(5-6-13)9-15-12(16)11-4-2-3-10(7-11)8-14/h2-4,7H,5-6,8-9H2,1H3,(H,15,16). The normalized spacial score (nSPS) is 16.6. The van der Waals surface area contributed by atoms with Gasteiger partial charge in [-0.25, -0.2) is 0 Å². The van der Waals surface area contributed by atoms with Gasteiger partial charge in [0.25, 0.3) is 5.91 Å². The van der Waals surface area contributed by atoms with Crippen LogP contribution in [0, 0.1) is 0 Å². The minimum Gasteiger partial charge on any atom is -0.351 e. The summed E-state index contributed by atoms with van der Waals surface area (Å²) in [6.45, 7) is 0.762. The molecule has 0 aliphatic heterocycles. The first kappa shape index (κ1) is 12.8. The average Bonchev–Trinajstić information content (AvgIpc) is 3.17. The lowest BCUT2D eigenvalue weighted by Gasteiger charge is -2.13. The number of nitrogens with one attached hydrogen (secondary N) is 1. The molecule has 0 atom stereocenters. The van der Waals surface area contributed by atoms with Gasteiger partial charge >= 0.3 is 0 Å². The van der Waals surface area contributed by atoms with Gasteiger partial charge in [0, 0.05) is 22.7 Å². The molecule has 0 saturated heterocycles. The molecule has 1 N–H and O–H groups in total. The van der Waals surface area contributed by atoms with E-state index in [-0.39, 0.29) is 5.91 Å². The van der Waals surface area contributed by atoms with Crippen LogP contribution < -0.4 is 5.32 Å². The molecular weight excluding hydrogens is 254 g/mol. The molecule has 92 valence electrons. The van der Waals surface area contributed by atoms with Gasteiger partial charge in [-0.3, -0.25) is 4.79 Å². The number of halogens is 1. The van der Waals surface area contributed by atoms with Crippen molar-refractivity contribution in [3.63, 3.8) is 0 Å². The van der Waals surface area contributed by atoms with Crippen LogP contribution in [0.3, 0.4) is 0 Å². The van der Waals surface area contributed by atoms with Crippen LogP contribution in [-0.4, -0.2) is 23.5 Å². The quantitative estimate of drug-likeness (QED) is 0.833. The second kappa shape index (κ2) is 5.32. The van der Waals surface area contributed by atoms with Crippen molar-refractivity contribution in [1.29, 1.82) is 0 Å². The van der Waals surface area contributed by atoms with Crippen LogP contribution in [0.15, 0.2) is 24.3 Å². The van der Waals surface area contributed by atoms with E-state index in [4.69, 9.17) is 11.6 Å². The van der Waals surface area contributed by atoms with E-state index >= 15 is 0 Å². The maximum absolute atomic E-state index is 11.9. The molecule has 2 rings (SSSR count). The predicted octanol–water partition coefficient (Wildman–Crippen LogP) is 3.05. The minimum atomic E-state index is -0.00251. The smallest absolute Gasteiger partial charge is 0.251 e. The Balaban J connectivity index is 1.95. The molecule has 0 radical (unpaired) electrons. The monoisotopic (exact) mass is 269 g/mol. The summed E-state index contributed by atoms with van der Waals surface area (Å²) >= 11 is 7.60. The Morgan fingerprint density at radius 1 is 1.53 bits per heavy atom. The highest BCUT2D eigenvalue weighted by Crippen LogP contribution is 2.46. The molecule has 1 aromatic carbocycles. The zero-order valence-electron chi connectivity index (χ0n) is 9.83. The summed E-state index contributed by atoms with van der Waals surface area (Å²) in [6.07, 6.45) is 4.51. The molecular formula is C13H16ClNOS. The summed E-state index contributed by atoms with van der Waals surface area (Å²) in [5.74, 6) is 0.438. The molecule has 1 saturated carbocycles. The molecule has 1 aliphatic rings. The van der Waals surface area contributed by atoms with E-state index in [9.17, 15) is 4.79 Å². The number of thioether (sulfide) groups is 1. The molecule has 1 aliphatic carbocycles. The summed E-state index contributed by atoms with van der Waals surface area (Å²) in [7, 11) is 0. The van der Waals surface area contributed by atoms with Crippen LogP contribution >= 0.6 is 23.4 Å². The van der Waals surface area contributed by atoms with E-state index in [1.165, 1.54) is 12.8 Å². The lowest BCUT2D eigenvalue weighted by Crippen LogP contribution is -2.31. The van der Waals surface area contributed by atoms with Crippen molar-refractivity contribution in [2.24, 2.45) is 0 Å². The van der Waals surface area contributed by atoms with Gasteiger partial charge in [-0.05, 0) is 36.8 Å². The van der Waals surface area contributed by atoms with Gasteiger partial charge in [0.1, 0.15) is 0 Å². The van der Waals surface area contributed by atoms with Crippen LogP contribution in [0.2, 0.25) is 0 Å². The Kier molecular flexibility index (Phi) is 4.00. The first-order valence-corrected chi connectivity index (χ1v) is 7.43. The summed E-state index contributed by atoms with van der Waals surface area (Å²) in [4.78, 5) is 11.9. The van der Waals surface area contributed by atoms with Crippen molar-refractivity contribution in [3.8, 4) is 0 Å². The number of rotatable bonds is 5. The van der Waals surface area contributed by atoms with Crippen LogP contribution in [0.4, 0.5) is 0 Å². The van der Waals surface area contributed by atoms with E-state index in [1.807, 2.05) is 36.0 Å². The fourth-order valence-electron chi connectivity index (χ4n) is 1.73. The Morgan fingerprint density at radius 3 is 2.88 bits per heavy atom. The number of carbonyl (C=O) groups is 1. The highest BCUT2D eigenvalue weighted by atomic mass is 35.5. The van der Waals surface area contributed by atoms with Crippen LogP contribution in [0.5, 0.6) is 0 Å². The Labute approximate surface area is 111 Å². The zero-order valence-corrected chi connectivity index (χ0v) is 11.4. The topological polar surface area (TPSA) is 29.1 Å². The van der Waals surface area contributed by atoms with E-state index in [0.29, 0.717) is 16.2 Å². The van der Waals surface area contributed by atoms with Crippen molar-refractivity contribution in [2.45, 2.75) is 23.5 Å². The fourth-order valence-corrected chi connectivity index (χ4v) is 2.62. The van der Waals surface area contributed by atoms with Gasteiger partial charge in [0.2, 0.25) is 0 Å².